The van der Waals surface area contributed by atoms with Crippen molar-refractivity contribution in [2.24, 2.45) is 5.92 Å². The Morgan fingerprint density at radius 1 is 0.947 bits per heavy atom. The molecule has 0 saturated carbocycles. The topological polar surface area (TPSA) is 17.1 Å². The van der Waals surface area contributed by atoms with Crippen LogP contribution in [0.2, 0.25) is 0 Å². The average molecular weight is 264 g/mol. The zero-order valence-corrected chi connectivity index (χ0v) is 12.8. The number of allylic oxidation sites excluding steroid dienone is 2. The molecule has 0 bridgehead atoms. The molecule has 1 atom stereocenters. The maximum absolute atomic E-state index is 11.8. The van der Waals surface area contributed by atoms with Crippen LogP contribution in [0.1, 0.15) is 77.6 Å². The third-order valence-corrected chi connectivity index (χ3v) is 3.55. The molecular formula is C18H32O. The van der Waals surface area contributed by atoms with Gasteiger partial charge in [0.05, 0.1) is 0 Å². The van der Waals surface area contributed by atoms with Crippen LogP contribution in [0, 0.1) is 5.92 Å². The number of unbranched alkanes of at least 4 members (excludes halogenated alkanes) is 6. The minimum absolute atomic E-state index is 0.447. The van der Waals surface area contributed by atoms with Crippen LogP contribution in [0.25, 0.3) is 0 Å². The summed E-state index contributed by atoms with van der Waals surface area (Å²) in [5, 5.41) is 0. The zero-order valence-electron chi connectivity index (χ0n) is 12.8. The number of hydrogen-bond acceptors (Lipinski definition) is 1. The molecule has 0 aliphatic heterocycles. The molecule has 0 radical (unpaired) electrons. The Kier molecular flexibility index (Phi) is 13.0. The largest absolute Gasteiger partial charge is 0.300 e. The van der Waals surface area contributed by atoms with Gasteiger partial charge >= 0.3 is 0 Å². The van der Waals surface area contributed by atoms with Crippen molar-refractivity contribution in [2.45, 2.75) is 77.6 Å². The fourth-order valence-corrected chi connectivity index (χ4v) is 2.31. The van der Waals surface area contributed by atoms with Crippen molar-refractivity contribution in [1.29, 1.82) is 0 Å². The van der Waals surface area contributed by atoms with E-state index < -0.39 is 0 Å². The second kappa shape index (κ2) is 13.6. The van der Waals surface area contributed by atoms with Gasteiger partial charge in [0, 0.05) is 12.8 Å². The van der Waals surface area contributed by atoms with Gasteiger partial charge in [0.25, 0.3) is 0 Å². The Hall–Kier alpha value is -0.850. The summed E-state index contributed by atoms with van der Waals surface area (Å²) in [6.07, 6.45) is 16.2. The maximum Gasteiger partial charge on any atom is 0.133 e. The van der Waals surface area contributed by atoms with E-state index in [0.717, 1.165) is 38.5 Å². The van der Waals surface area contributed by atoms with Crippen molar-refractivity contribution in [1.82, 2.24) is 0 Å². The minimum Gasteiger partial charge on any atom is -0.300 e. The highest BCUT2D eigenvalue weighted by atomic mass is 16.1. The van der Waals surface area contributed by atoms with Gasteiger partial charge in [0.15, 0.2) is 0 Å². The van der Waals surface area contributed by atoms with Crippen LogP contribution in [0.3, 0.4) is 0 Å². The summed E-state index contributed by atoms with van der Waals surface area (Å²) in [4.78, 5) is 11.8. The molecule has 0 spiro atoms. The lowest BCUT2D eigenvalue weighted by Gasteiger charge is -2.08. The molecule has 0 rings (SSSR count). The quantitative estimate of drug-likeness (QED) is 0.284. The van der Waals surface area contributed by atoms with Gasteiger partial charge < -0.3 is 0 Å². The molecule has 0 aliphatic rings. The van der Waals surface area contributed by atoms with Crippen LogP contribution in [-0.2, 0) is 4.79 Å². The van der Waals surface area contributed by atoms with Gasteiger partial charge in [-0.1, -0.05) is 44.8 Å². The van der Waals surface area contributed by atoms with Gasteiger partial charge in [-0.15, -0.1) is 13.2 Å². The van der Waals surface area contributed by atoms with Crippen molar-refractivity contribution in [3.63, 3.8) is 0 Å². The Morgan fingerprint density at radius 3 is 2.16 bits per heavy atom. The number of Topliss-reactive ketones (excluding diaryl/α,β-unsaturated/α-hetero) is 1. The van der Waals surface area contributed by atoms with E-state index in [1.165, 1.54) is 32.1 Å². The first-order valence-electron chi connectivity index (χ1n) is 7.94. The standard InChI is InChI=1S/C18H32O/c1-4-6-8-9-10-11-12-13-15-18(19)16-17(3)14-7-5-2/h4-5,17H,1-2,6-16H2,3H3/t17-/m0/s1. The third kappa shape index (κ3) is 13.4. The Bertz CT molecular complexity index is 242. The van der Waals surface area contributed by atoms with Gasteiger partial charge in [-0.05, 0) is 38.0 Å². The molecule has 19 heavy (non-hydrogen) atoms. The molecular weight excluding hydrogens is 232 g/mol. The van der Waals surface area contributed by atoms with Gasteiger partial charge in [-0.2, -0.15) is 0 Å². The van der Waals surface area contributed by atoms with Gasteiger partial charge in [-0.25, -0.2) is 0 Å². The molecule has 1 heteroatoms. The maximum atomic E-state index is 11.8. The second-order valence-electron chi connectivity index (χ2n) is 5.66. The lowest BCUT2D eigenvalue weighted by molar-refractivity contribution is -0.120. The molecule has 0 aromatic heterocycles. The molecule has 0 N–H and O–H groups in total. The summed E-state index contributed by atoms with van der Waals surface area (Å²) in [5.41, 5.74) is 0. The molecule has 0 saturated heterocycles. The van der Waals surface area contributed by atoms with E-state index in [4.69, 9.17) is 0 Å². The SMILES string of the molecule is C=CCCCCCCCCC(=O)C[C@@H](C)CCC=C. The molecule has 0 aromatic carbocycles. The Labute approximate surface area is 120 Å². The van der Waals surface area contributed by atoms with Crippen molar-refractivity contribution in [2.75, 3.05) is 0 Å². The summed E-state index contributed by atoms with van der Waals surface area (Å²) < 4.78 is 0. The van der Waals surface area contributed by atoms with E-state index in [-0.39, 0.29) is 0 Å². The lowest BCUT2D eigenvalue weighted by Crippen LogP contribution is -2.05. The molecule has 110 valence electrons. The Morgan fingerprint density at radius 2 is 1.53 bits per heavy atom. The predicted octanol–water partition coefficient (Wildman–Crippen LogP) is 5.85. The first kappa shape index (κ1) is 18.1. The smallest absolute Gasteiger partial charge is 0.133 e. The molecule has 1 nitrogen and oxygen atoms in total. The zero-order chi connectivity index (χ0) is 14.3. The first-order chi connectivity index (χ1) is 9.20. The number of carbonyl (C=O) groups excluding carboxylic acids is 1. The molecule has 0 heterocycles. The van der Waals surface area contributed by atoms with Crippen LogP contribution in [-0.4, -0.2) is 5.78 Å². The van der Waals surface area contributed by atoms with Crippen molar-refractivity contribution in [3.8, 4) is 0 Å². The number of hydrogen-bond donors (Lipinski definition) is 0. The van der Waals surface area contributed by atoms with Gasteiger partial charge in [0.1, 0.15) is 5.78 Å². The van der Waals surface area contributed by atoms with Crippen LogP contribution in [0.4, 0.5) is 0 Å². The van der Waals surface area contributed by atoms with E-state index in [0.29, 0.717) is 11.7 Å². The lowest BCUT2D eigenvalue weighted by atomic mass is 9.96. The summed E-state index contributed by atoms with van der Waals surface area (Å²) in [7, 11) is 0. The highest BCUT2D eigenvalue weighted by Gasteiger charge is 2.08. The summed E-state index contributed by atoms with van der Waals surface area (Å²) in [6.45, 7) is 9.61. The van der Waals surface area contributed by atoms with Crippen molar-refractivity contribution >= 4 is 5.78 Å². The van der Waals surface area contributed by atoms with Gasteiger partial charge in [-0.3, -0.25) is 4.79 Å². The van der Waals surface area contributed by atoms with Crippen LogP contribution < -0.4 is 0 Å². The number of ketones is 1. The van der Waals surface area contributed by atoms with Crippen LogP contribution in [0.5, 0.6) is 0 Å². The highest BCUT2D eigenvalue weighted by molar-refractivity contribution is 5.78. The Balaban J connectivity index is 3.33. The third-order valence-electron chi connectivity index (χ3n) is 3.55. The summed E-state index contributed by atoms with van der Waals surface area (Å²) in [6, 6.07) is 0. The van der Waals surface area contributed by atoms with Crippen LogP contribution in [0.15, 0.2) is 25.3 Å². The molecule has 0 aromatic rings. The van der Waals surface area contributed by atoms with E-state index in [1.807, 2.05) is 12.2 Å². The summed E-state index contributed by atoms with van der Waals surface area (Å²) in [5.74, 6) is 0.965. The minimum atomic E-state index is 0.447. The van der Waals surface area contributed by atoms with Crippen LogP contribution >= 0.6 is 0 Å². The summed E-state index contributed by atoms with van der Waals surface area (Å²) >= 11 is 0. The van der Waals surface area contributed by atoms with E-state index in [2.05, 4.69) is 20.1 Å². The van der Waals surface area contributed by atoms with E-state index in [9.17, 15) is 4.79 Å². The second-order valence-corrected chi connectivity index (χ2v) is 5.66. The van der Waals surface area contributed by atoms with Gasteiger partial charge in [0.2, 0.25) is 0 Å². The molecule has 0 fully saturated rings. The molecule has 0 unspecified atom stereocenters. The van der Waals surface area contributed by atoms with Crippen molar-refractivity contribution in [3.05, 3.63) is 25.3 Å². The normalized spacial score (nSPS) is 12.1. The first-order valence-corrected chi connectivity index (χ1v) is 7.94. The number of carbonyl (C=O) groups is 1. The predicted molar refractivity (Wildman–Crippen MR) is 85.4 cm³/mol. The fraction of sp³-hybridized carbons (Fsp3) is 0.722. The highest BCUT2D eigenvalue weighted by Crippen LogP contribution is 2.14. The van der Waals surface area contributed by atoms with E-state index in [1.54, 1.807) is 0 Å². The fourth-order valence-electron chi connectivity index (χ4n) is 2.31. The number of rotatable bonds is 14. The molecule has 0 amide bonds. The average Bonchev–Trinajstić information content (AvgIpc) is 2.39. The molecule has 0 aliphatic carbocycles. The van der Waals surface area contributed by atoms with E-state index >= 15 is 0 Å². The van der Waals surface area contributed by atoms with Crippen molar-refractivity contribution < 1.29 is 4.79 Å². The monoisotopic (exact) mass is 264 g/mol.